The van der Waals surface area contributed by atoms with E-state index in [1.807, 2.05) is 11.3 Å². The minimum atomic E-state index is 0.423. The Bertz CT molecular complexity index is 293. The first-order valence-electron chi connectivity index (χ1n) is 4.40. The average Bonchev–Trinajstić information content (AvgIpc) is 2.46. The number of aryl methyl sites for hydroxylation is 1. The Hall–Kier alpha value is -0.630. The maximum Gasteiger partial charge on any atom is 0.134 e. The van der Waals surface area contributed by atoms with Crippen molar-refractivity contribution in [1.82, 2.24) is 0 Å². The van der Waals surface area contributed by atoms with Crippen LogP contribution >= 0.6 is 11.3 Å². The Morgan fingerprint density at radius 1 is 1.50 bits per heavy atom. The third-order valence-corrected chi connectivity index (χ3v) is 3.77. The maximum atomic E-state index is 10.8. The number of ketones is 1. The summed E-state index contributed by atoms with van der Waals surface area (Å²) in [5.74, 6) is 0.981. The van der Waals surface area contributed by atoms with Crippen LogP contribution < -0.4 is 0 Å². The topological polar surface area (TPSA) is 17.1 Å². The van der Waals surface area contributed by atoms with E-state index in [0.717, 1.165) is 19.3 Å². The summed E-state index contributed by atoms with van der Waals surface area (Å²) >= 11 is 1.87. The first kappa shape index (κ1) is 7.99. The molecule has 1 aliphatic carbocycles. The number of carbonyl (C=O) groups excluding carboxylic acids is 1. The second-order valence-electron chi connectivity index (χ2n) is 3.30. The molecular weight excluding hydrogens is 168 g/mol. The van der Waals surface area contributed by atoms with Crippen LogP contribution in [0.3, 0.4) is 0 Å². The van der Waals surface area contributed by atoms with Crippen molar-refractivity contribution >= 4 is 17.1 Å². The molecule has 0 aliphatic heterocycles. The van der Waals surface area contributed by atoms with Crippen LogP contribution in [-0.2, 0) is 11.2 Å². The summed E-state index contributed by atoms with van der Waals surface area (Å²) in [6.07, 6.45) is 2.68. The second kappa shape index (κ2) is 3.02. The van der Waals surface area contributed by atoms with Crippen LogP contribution in [0.4, 0.5) is 0 Å². The third-order valence-electron chi connectivity index (χ3n) is 2.38. The Kier molecular flexibility index (Phi) is 2.01. The van der Waals surface area contributed by atoms with Gasteiger partial charge in [0, 0.05) is 28.5 Å². The Balaban J connectivity index is 2.08. The quantitative estimate of drug-likeness (QED) is 0.684. The van der Waals surface area contributed by atoms with Gasteiger partial charge in [-0.1, -0.05) is 6.92 Å². The number of hydrogen-bond donors (Lipinski definition) is 0. The summed E-state index contributed by atoms with van der Waals surface area (Å²) < 4.78 is 0. The van der Waals surface area contributed by atoms with Crippen molar-refractivity contribution in [3.8, 4) is 0 Å². The zero-order valence-electron chi connectivity index (χ0n) is 7.17. The highest BCUT2D eigenvalue weighted by molar-refractivity contribution is 7.12. The van der Waals surface area contributed by atoms with E-state index in [4.69, 9.17) is 0 Å². The van der Waals surface area contributed by atoms with Gasteiger partial charge in [-0.2, -0.15) is 0 Å². The van der Waals surface area contributed by atoms with Crippen LogP contribution in [0.15, 0.2) is 12.1 Å². The molecule has 2 rings (SSSR count). The van der Waals surface area contributed by atoms with Crippen molar-refractivity contribution in [1.29, 1.82) is 0 Å². The van der Waals surface area contributed by atoms with E-state index in [1.165, 1.54) is 9.75 Å². The predicted molar refractivity (Wildman–Crippen MR) is 50.7 cm³/mol. The van der Waals surface area contributed by atoms with Crippen LogP contribution in [-0.4, -0.2) is 5.78 Å². The van der Waals surface area contributed by atoms with Gasteiger partial charge in [0.2, 0.25) is 0 Å². The van der Waals surface area contributed by atoms with Crippen LogP contribution in [0.25, 0.3) is 0 Å². The highest BCUT2D eigenvalue weighted by Crippen LogP contribution is 2.37. The summed E-state index contributed by atoms with van der Waals surface area (Å²) in [4.78, 5) is 13.6. The molecule has 1 nitrogen and oxygen atoms in total. The molecule has 1 aromatic rings. The van der Waals surface area contributed by atoms with Crippen LogP contribution in [0.1, 0.15) is 35.4 Å². The lowest BCUT2D eigenvalue weighted by molar-refractivity contribution is -0.124. The van der Waals surface area contributed by atoms with Crippen molar-refractivity contribution in [3.05, 3.63) is 21.9 Å². The van der Waals surface area contributed by atoms with Gasteiger partial charge in [-0.3, -0.25) is 4.79 Å². The highest BCUT2D eigenvalue weighted by atomic mass is 32.1. The largest absolute Gasteiger partial charge is 0.300 e. The monoisotopic (exact) mass is 180 g/mol. The standard InChI is InChI=1S/C10H12OS/c1-2-9-3-4-10(12-9)7-5-8(11)6-7/h3-4,7H,2,5-6H2,1H3. The maximum absolute atomic E-state index is 10.8. The molecule has 0 unspecified atom stereocenters. The molecule has 1 saturated carbocycles. The lowest BCUT2D eigenvalue weighted by Gasteiger charge is -2.22. The summed E-state index contributed by atoms with van der Waals surface area (Å²) in [5, 5.41) is 0. The molecule has 12 heavy (non-hydrogen) atoms. The zero-order valence-corrected chi connectivity index (χ0v) is 7.99. The second-order valence-corrected chi connectivity index (χ2v) is 4.50. The Morgan fingerprint density at radius 2 is 2.25 bits per heavy atom. The van der Waals surface area contributed by atoms with Gasteiger partial charge in [-0.25, -0.2) is 0 Å². The third kappa shape index (κ3) is 1.31. The van der Waals surface area contributed by atoms with E-state index < -0.39 is 0 Å². The molecule has 2 heteroatoms. The fourth-order valence-electron chi connectivity index (χ4n) is 1.49. The van der Waals surface area contributed by atoms with Gasteiger partial charge in [0.25, 0.3) is 0 Å². The normalized spacial score (nSPS) is 17.9. The van der Waals surface area contributed by atoms with Crippen molar-refractivity contribution in [2.45, 2.75) is 32.1 Å². The van der Waals surface area contributed by atoms with Gasteiger partial charge in [0.05, 0.1) is 0 Å². The fraction of sp³-hybridized carbons (Fsp3) is 0.500. The Morgan fingerprint density at radius 3 is 2.75 bits per heavy atom. The van der Waals surface area contributed by atoms with Gasteiger partial charge < -0.3 is 0 Å². The van der Waals surface area contributed by atoms with E-state index in [2.05, 4.69) is 19.1 Å². The molecule has 0 spiro atoms. The van der Waals surface area contributed by atoms with Crippen LogP contribution in [0, 0.1) is 0 Å². The smallest absolute Gasteiger partial charge is 0.134 e. The van der Waals surface area contributed by atoms with E-state index in [1.54, 1.807) is 0 Å². The van der Waals surface area contributed by atoms with Gasteiger partial charge >= 0.3 is 0 Å². The van der Waals surface area contributed by atoms with E-state index in [9.17, 15) is 4.79 Å². The van der Waals surface area contributed by atoms with Gasteiger partial charge in [-0.15, -0.1) is 11.3 Å². The van der Waals surface area contributed by atoms with Gasteiger partial charge in [0.1, 0.15) is 5.78 Å². The van der Waals surface area contributed by atoms with Gasteiger partial charge in [-0.05, 0) is 18.6 Å². The van der Waals surface area contributed by atoms with Gasteiger partial charge in [0.15, 0.2) is 0 Å². The minimum Gasteiger partial charge on any atom is -0.300 e. The predicted octanol–water partition coefficient (Wildman–Crippen LogP) is 2.76. The molecule has 0 N–H and O–H groups in total. The fourth-order valence-corrected chi connectivity index (χ4v) is 2.55. The van der Waals surface area contributed by atoms with E-state index in [-0.39, 0.29) is 0 Å². The molecular formula is C10H12OS. The molecule has 0 saturated heterocycles. The first-order chi connectivity index (χ1) is 5.79. The number of rotatable bonds is 2. The molecule has 0 bridgehead atoms. The number of Topliss-reactive ketones (excluding diaryl/α,β-unsaturated/α-hetero) is 1. The first-order valence-corrected chi connectivity index (χ1v) is 5.21. The zero-order chi connectivity index (χ0) is 8.55. The number of carbonyl (C=O) groups is 1. The number of hydrogen-bond acceptors (Lipinski definition) is 2. The van der Waals surface area contributed by atoms with Crippen molar-refractivity contribution < 1.29 is 4.79 Å². The number of thiophene rings is 1. The van der Waals surface area contributed by atoms with Crippen molar-refractivity contribution in [2.75, 3.05) is 0 Å². The summed E-state index contributed by atoms with van der Waals surface area (Å²) in [7, 11) is 0. The molecule has 64 valence electrons. The highest BCUT2D eigenvalue weighted by Gasteiger charge is 2.28. The molecule has 1 fully saturated rings. The summed E-state index contributed by atoms with van der Waals surface area (Å²) in [5.41, 5.74) is 0. The lowest BCUT2D eigenvalue weighted by atomic mass is 9.83. The minimum absolute atomic E-state index is 0.423. The summed E-state index contributed by atoms with van der Waals surface area (Å²) in [6, 6.07) is 4.36. The average molecular weight is 180 g/mol. The molecule has 0 amide bonds. The molecule has 0 radical (unpaired) electrons. The van der Waals surface area contributed by atoms with E-state index >= 15 is 0 Å². The van der Waals surface area contributed by atoms with Crippen molar-refractivity contribution in [2.24, 2.45) is 0 Å². The molecule has 1 aliphatic rings. The van der Waals surface area contributed by atoms with E-state index in [0.29, 0.717) is 11.7 Å². The van der Waals surface area contributed by atoms with Crippen LogP contribution in [0.5, 0.6) is 0 Å². The van der Waals surface area contributed by atoms with Crippen LogP contribution in [0.2, 0.25) is 0 Å². The lowest BCUT2D eigenvalue weighted by Crippen LogP contribution is -2.19. The molecule has 1 heterocycles. The van der Waals surface area contributed by atoms with Crippen molar-refractivity contribution in [3.63, 3.8) is 0 Å². The SMILES string of the molecule is CCc1ccc(C2CC(=O)C2)s1. The molecule has 0 aromatic carbocycles. The molecule has 0 atom stereocenters. The summed E-state index contributed by atoms with van der Waals surface area (Å²) in [6.45, 7) is 2.17. The molecule has 1 aromatic heterocycles. The Labute approximate surface area is 76.4 Å².